The van der Waals surface area contributed by atoms with Gasteiger partial charge in [0.2, 0.25) is 0 Å². The molecule has 1 aromatic rings. The van der Waals surface area contributed by atoms with Crippen LogP contribution < -0.4 is 10.2 Å². The molecule has 0 spiro atoms. The van der Waals surface area contributed by atoms with Gasteiger partial charge in [-0.15, -0.1) is 0 Å². The predicted octanol–water partition coefficient (Wildman–Crippen LogP) is 2.77. The third kappa shape index (κ3) is 5.27. The smallest absolute Gasteiger partial charge is 0.0595 e. The summed E-state index contributed by atoms with van der Waals surface area (Å²) in [6.45, 7) is 6.33. The zero-order valence-corrected chi connectivity index (χ0v) is 12.8. The average molecular weight is 267 g/mol. The van der Waals surface area contributed by atoms with Gasteiger partial charge in [-0.1, -0.05) is 13.8 Å². The Morgan fingerprint density at radius 2 is 2.22 bits per heavy atom. The van der Waals surface area contributed by atoms with E-state index in [1.54, 1.807) is 0 Å². The van der Waals surface area contributed by atoms with Crippen molar-refractivity contribution in [1.29, 1.82) is 0 Å². The van der Waals surface area contributed by atoms with Crippen LogP contribution in [0.15, 0.2) is 18.5 Å². The van der Waals surface area contributed by atoms with Crippen molar-refractivity contribution in [3.05, 3.63) is 24.0 Å². The fourth-order valence-electron chi connectivity index (χ4n) is 1.79. The quantitative estimate of drug-likeness (QED) is 0.733. The summed E-state index contributed by atoms with van der Waals surface area (Å²) in [5.41, 5.74) is 2.57. The summed E-state index contributed by atoms with van der Waals surface area (Å²) < 4.78 is 0. The monoisotopic (exact) mass is 267 g/mol. The zero-order chi connectivity index (χ0) is 13.4. The second kappa shape index (κ2) is 8.38. The van der Waals surface area contributed by atoms with Crippen LogP contribution in [0.4, 0.5) is 5.69 Å². The molecule has 0 bridgehead atoms. The third-order valence-corrected chi connectivity index (χ3v) is 3.54. The molecule has 1 N–H and O–H groups in total. The van der Waals surface area contributed by atoms with Crippen molar-refractivity contribution in [3.63, 3.8) is 0 Å². The first kappa shape index (κ1) is 15.3. The van der Waals surface area contributed by atoms with E-state index in [4.69, 9.17) is 0 Å². The number of aromatic nitrogens is 1. The Morgan fingerprint density at radius 1 is 1.44 bits per heavy atom. The second-order valence-corrected chi connectivity index (χ2v) is 5.79. The first-order valence-corrected chi connectivity index (χ1v) is 7.91. The van der Waals surface area contributed by atoms with Crippen molar-refractivity contribution in [2.45, 2.75) is 32.9 Å². The first-order valence-electron chi connectivity index (χ1n) is 6.51. The molecule has 0 saturated heterocycles. The molecule has 0 saturated carbocycles. The molecule has 0 fully saturated rings. The fraction of sp³-hybridized carbons (Fsp3) is 0.643. The van der Waals surface area contributed by atoms with Crippen molar-refractivity contribution in [3.8, 4) is 0 Å². The molecule has 0 aromatic carbocycles. The lowest BCUT2D eigenvalue weighted by Crippen LogP contribution is -2.25. The Labute approximate surface area is 115 Å². The number of nitrogens with zero attached hydrogens (tertiary/aromatic N) is 2. The molecular formula is C14H25N3S. The van der Waals surface area contributed by atoms with Gasteiger partial charge < -0.3 is 10.2 Å². The number of rotatable bonds is 8. The molecule has 0 radical (unpaired) electrons. The molecule has 1 heterocycles. The van der Waals surface area contributed by atoms with Gasteiger partial charge in [0.15, 0.2) is 0 Å². The van der Waals surface area contributed by atoms with Crippen LogP contribution in [0.2, 0.25) is 0 Å². The highest BCUT2D eigenvalue weighted by Gasteiger charge is 2.07. The molecule has 1 rings (SSSR count). The number of nitrogens with one attached hydrogen (secondary N) is 1. The van der Waals surface area contributed by atoms with Gasteiger partial charge in [0.05, 0.1) is 11.9 Å². The summed E-state index contributed by atoms with van der Waals surface area (Å²) in [4.78, 5) is 6.55. The molecule has 0 aliphatic rings. The molecular weight excluding hydrogens is 242 g/mol. The van der Waals surface area contributed by atoms with E-state index in [0.29, 0.717) is 6.04 Å². The van der Waals surface area contributed by atoms with Crippen LogP contribution >= 0.6 is 11.8 Å². The Morgan fingerprint density at radius 3 is 2.89 bits per heavy atom. The predicted molar refractivity (Wildman–Crippen MR) is 82.5 cm³/mol. The number of pyridine rings is 1. The molecule has 4 heteroatoms. The van der Waals surface area contributed by atoms with Gasteiger partial charge >= 0.3 is 0 Å². The number of hydrogen-bond donors (Lipinski definition) is 1. The SMILES string of the molecule is CSCCCN(C)c1cnccc1CNC(C)C. The van der Waals surface area contributed by atoms with Crippen molar-refractivity contribution >= 4 is 17.4 Å². The highest BCUT2D eigenvalue weighted by Crippen LogP contribution is 2.18. The van der Waals surface area contributed by atoms with Crippen molar-refractivity contribution < 1.29 is 0 Å². The van der Waals surface area contributed by atoms with E-state index in [1.807, 2.05) is 24.2 Å². The van der Waals surface area contributed by atoms with Crippen LogP contribution in [0, 0.1) is 0 Å². The molecule has 0 aliphatic carbocycles. The minimum absolute atomic E-state index is 0.507. The van der Waals surface area contributed by atoms with Crippen LogP contribution in [-0.4, -0.2) is 36.6 Å². The molecule has 0 unspecified atom stereocenters. The summed E-state index contributed by atoms with van der Waals surface area (Å²) in [6.07, 6.45) is 7.21. The molecule has 0 aliphatic heterocycles. The summed E-state index contributed by atoms with van der Waals surface area (Å²) in [5.74, 6) is 1.21. The molecule has 18 heavy (non-hydrogen) atoms. The summed E-state index contributed by atoms with van der Waals surface area (Å²) >= 11 is 1.90. The molecule has 3 nitrogen and oxygen atoms in total. The van der Waals surface area contributed by atoms with E-state index in [2.05, 4.69) is 48.4 Å². The summed E-state index contributed by atoms with van der Waals surface area (Å²) in [6, 6.07) is 2.61. The van der Waals surface area contributed by atoms with E-state index in [9.17, 15) is 0 Å². The number of thioether (sulfide) groups is 1. The maximum Gasteiger partial charge on any atom is 0.0595 e. The van der Waals surface area contributed by atoms with Gasteiger partial charge in [-0.3, -0.25) is 4.98 Å². The van der Waals surface area contributed by atoms with Crippen LogP contribution in [0.5, 0.6) is 0 Å². The minimum Gasteiger partial charge on any atom is -0.373 e. The molecule has 1 aromatic heterocycles. The average Bonchev–Trinajstić information content (AvgIpc) is 2.37. The van der Waals surface area contributed by atoms with Gasteiger partial charge in [-0.2, -0.15) is 11.8 Å². The van der Waals surface area contributed by atoms with Crippen LogP contribution in [0.1, 0.15) is 25.8 Å². The third-order valence-electron chi connectivity index (χ3n) is 2.84. The highest BCUT2D eigenvalue weighted by atomic mass is 32.2. The minimum atomic E-state index is 0.507. The largest absolute Gasteiger partial charge is 0.373 e. The summed E-state index contributed by atoms with van der Waals surface area (Å²) in [7, 11) is 2.15. The van der Waals surface area contributed by atoms with Gasteiger partial charge in [-0.25, -0.2) is 0 Å². The van der Waals surface area contributed by atoms with Crippen molar-refractivity contribution in [2.24, 2.45) is 0 Å². The Hall–Kier alpha value is -0.740. The lowest BCUT2D eigenvalue weighted by Gasteiger charge is -2.22. The number of anilines is 1. The van der Waals surface area contributed by atoms with Gasteiger partial charge in [0.1, 0.15) is 0 Å². The molecule has 0 amide bonds. The first-order chi connectivity index (χ1) is 8.65. The van der Waals surface area contributed by atoms with Gasteiger partial charge in [0, 0.05) is 32.4 Å². The Balaban J connectivity index is 2.62. The van der Waals surface area contributed by atoms with Crippen LogP contribution in [0.3, 0.4) is 0 Å². The van der Waals surface area contributed by atoms with Crippen LogP contribution in [-0.2, 0) is 6.54 Å². The molecule has 102 valence electrons. The highest BCUT2D eigenvalue weighted by molar-refractivity contribution is 7.98. The number of hydrogen-bond acceptors (Lipinski definition) is 4. The van der Waals surface area contributed by atoms with E-state index < -0.39 is 0 Å². The maximum absolute atomic E-state index is 4.25. The van der Waals surface area contributed by atoms with E-state index in [1.165, 1.54) is 23.4 Å². The van der Waals surface area contributed by atoms with Gasteiger partial charge in [0.25, 0.3) is 0 Å². The Kier molecular flexibility index (Phi) is 7.13. The lowest BCUT2D eigenvalue weighted by molar-refractivity contribution is 0.588. The Bertz CT molecular complexity index is 342. The fourth-order valence-corrected chi connectivity index (χ4v) is 2.21. The van der Waals surface area contributed by atoms with Crippen molar-refractivity contribution in [2.75, 3.05) is 30.5 Å². The zero-order valence-electron chi connectivity index (χ0n) is 11.9. The normalized spacial score (nSPS) is 10.9. The van der Waals surface area contributed by atoms with E-state index >= 15 is 0 Å². The second-order valence-electron chi connectivity index (χ2n) is 4.81. The van der Waals surface area contributed by atoms with Gasteiger partial charge in [-0.05, 0) is 30.1 Å². The maximum atomic E-state index is 4.25. The van der Waals surface area contributed by atoms with E-state index in [0.717, 1.165) is 13.1 Å². The summed E-state index contributed by atoms with van der Waals surface area (Å²) in [5, 5.41) is 3.47. The van der Waals surface area contributed by atoms with Crippen LogP contribution in [0.25, 0.3) is 0 Å². The van der Waals surface area contributed by atoms with E-state index in [-0.39, 0.29) is 0 Å². The lowest BCUT2D eigenvalue weighted by atomic mass is 10.2. The molecule has 0 atom stereocenters. The van der Waals surface area contributed by atoms with Crippen molar-refractivity contribution in [1.82, 2.24) is 10.3 Å². The topological polar surface area (TPSA) is 28.2 Å². The standard InChI is InChI=1S/C14H25N3S/c1-12(2)16-10-13-6-7-15-11-14(13)17(3)8-5-9-18-4/h6-7,11-12,16H,5,8-10H2,1-4H3.